The first-order valence-electron chi connectivity index (χ1n) is 13.4. The number of amides is 2. The van der Waals surface area contributed by atoms with Crippen molar-refractivity contribution in [2.24, 2.45) is 5.41 Å². The molecule has 0 aliphatic heterocycles. The number of methoxy groups -OCH3 is 1. The van der Waals surface area contributed by atoms with E-state index in [0.29, 0.717) is 19.3 Å². The van der Waals surface area contributed by atoms with Gasteiger partial charge in [0.2, 0.25) is 11.8 Å². The van der Waals surface area contributed by atoms with Crippen LogP contribution in [-0.4, -0.2) is 48.3 Å². The Bertz CT molecular complexity index is 608. The van der Waals surface area contributed by atoms with Gasteiger partial charge in [0.05, 0.1) is 23.9 Å². The van der Waals surface area contributed by atoms with Crippen molar-refractivity contribution in [1.29, 1.82) is 0 Å². The second-order valence-corrected chi connectivity index (χ2v) is 12.1. The molecule has 0 radical (unpaired) electrons. The lowest BCUT2D eigenvalue weighted by Crippen LogP contribution is -2.52. The van der Waals surface area contributed by atoms with Crippen LogP contribution in [-0.2, 0) is 19.1 Å². The maximum absolute atomic E-state index is 13.2. The Kier molecular flexibility index (Phi) is 13.9. The van der Waals surface area contributed by atoms with Gasteiger partial charge in [0.15, 0.2) is 0 Å². The van der Waals surface area contributed by atoms with E-state index in [4.69, 9.17) is 9.47 Å². The Hall–Kier alpha value is -1.14. The van der Waals surface area contributed by atoms with E-state index in [1.165, 1.54) is 0 Å². The molecule has 0 bridgehead atoms. The molecular formula is C28H56N2O4. The Balaban J connectivity index is 5.05. The number of hydrogen-bond acceptors (Lipinski definition) is 4. The molecular weight excluding hydrogens is 428 g/mol. The monoisotopic (exact) mass is 484 g/mol. The van der Waals surface area contributed by atoms with Crippen LogP contribution in [0.1, 0.15) is 127 Å². The van der Waals surface area contributed by atoms with Gasteiger partial charge in [-0.2, -0.15) is 0 Å². The summed E-state index contributed by atoms with van der Waals surface area (Å²) in [6.07, 6.45) is 8.91. The smallest absolute Gasteiger partial charge is 0.239 e. The van der Waals surface area contributed by atoms with Gasteiger partial charge >= 0.3 is 0 Å². The van der Waals surface area contributed by atoms with E-state index in [1.54, 1.807) is 7.11 Å². The van der Waals surface area contributed by atoms with Gasteiger partial charge in [-0.05, 0) is 73.6 Å². The van der Waals surface area contributed by atoms with Gasteiger partial charge < -0.3 is 20.1 Å². The number of rotatable bonds is 18. The molecule has 0 heterocycles. The fraction of sp³-hybridized carbons (Fsp3) is 0.929. The number of nitrogens with one attached hydrogen (secondary N) is 2. The van der Waals surface area contributed by atoms with E-state index in [9.17, 15) is 9.59 Å². The van der Waals surface area contributed by atoms with Crippen molar-refractivity contribution >= 4 is 11.8 Å². The van der Waals surface area contributed by atoms with Crippen molar-refractivity contribution in [1.82, 2.24) is 10.6 Å². The van der Waals surface area contributed by atoms with Crippen molar-refractivity contribution in [2.45, 2.75) is 150 Å². The third-order valence-electron chi connectivity index (χ3n) is 6.70. The minimum atomic E-state index is -0.614. The zero-order chi connectivity index (χ0) is 26.6. The lowest BCUT2D eigenvalue weighted by molar-refractivity contribution is -0.141. The fourth-order valence-electron chi connectivity index (χ4n) is 4.90. The molecule has 0 rings (SSSR count). The fourth-order valence-corrected chi connectivity index (χ4v) is 4.90. The second kappa shape index (κ2) is 14.4. The molecule has 0 saturated carbocycles. The quantitative estimate of drug-likeness (QED) is 0.244. The summed E-state index contributed by atoms with van der Waals surface area (Å²) in [6.45, 7) is 20.5. The third-order valence-corrected chi connectivity index (χ3v) is 6.70. The van der Waals surface area contributed by atoms with E-state index >= 15 is 0 Å². The third kappa shape index (κ3) is 13.1. The van der Waals surface area contributed by atoms with Crippen LogP contribution in [0.5, 0.6) is 0 Å². The predicted octanol–water partition coefficient (Wildman–Crippen LogP) is 6.16. The molecule has 0 spiro atoms. The summed E-state index contributed by atoms with van der Waals surface area (Å²) < 4.78 is 12.1. The van der Waals surface area contributed by atoms with Gasteiger partial charge in [0.1, 0.15) is 0 Å². The molecule has 1 unspecified atom stereocenters. The Morgan fingerprint density at radius 2 is 1.35 bits per heavy atom. The van der Waals surface area contributed by atoms with Crippen molar-refractivity contribution in [3.63, 3.8) is 0 Å². The summed E-state index contributed by atoms with van der Waals surface area (Å²) in [4.78, 5) is 25.8. The molecule has 1 atom stereocenters. The van der Waals surface area contributed by atoms with Gasteiger partial charge in [0, 0.05) is 18.1 Å². The highest BCUT2D eigenvalue weighted by Gasteiger charge is 2.39. The van der Waals surface area contributed by atoms with E-state index < -0.39 is 16.6 Å². The van der Waals surface area contributed by atoms with Gasteiger partial charge in [-0.3, -0.25) is 9.59 Å². The average Bonchev–Trinajstić information content (AvgIpc) is 2.72. The van der Waals surface area contributed by atoms with Crippen LogP contribution in [0, 0.1) is 5.41 Å². The van der Waals surface area contributed by atoms with Crippen molar-refractivity contribution in [3.05, 3.63) is 0 Å². The number of unbranched alkanes of at least 4 members (excludes halogenated alkanes) is 2. The molecule has 6 heteroatoms. The molecule has 2 amide bonds. The van der Waals surface area contributed by atoms with Crippen LogP contribution in [0.4, 0.5) is 0 Å². The lowest BCUT2D eigenvalue weighted by Gasteiger charge is -2.38. The maximum atomic E-state index is 13.2. The van der Waals surface area contributed by atoms with Crippen LogP contribution in [0.2, 0.25) is 0 Å². The van der Waals surface area contributed by atoms with Crippen LogP contribution in [0.3, 0.4) is 0 Å². The van der Waals surface area contributed by atoms with E-state index in [2.05, 4.69) is 38.3 Å². The Labute approximate surface area is 210 Å². The van der Waals surface area contributed by atoms with Crippen LogP contribution in [0.25, 0.3) is 0 Å². The number of carbonyl (C=O) groups is 2. The molecule has 2 N–H and O–H groups in total. The van der Waals surface area contributed by atoms with Crippen LogP contribution < -0.4 is 10.6 Å². The molecule has 0 saturated heterocycles. The molecule has 0 fully saturated rings. The van der Waals surface area contributed by atoms with Crippen molar-refractivity contribution in [2.75, 3.05) is 13.7 Å². The highest BCUT2D eigenvalue weighted by Crippen LogP contribution is 2.35. The van der Waals surface area contributed by atoms with Gasteiger partial charge in [-0.15, -0.1) is 0 Å². The summed E-state index contributed by atoms with van der Waals surface area (Å²) in [6, 6.07) is 0. The zero-order valence-corrected chi connectivity index (χ0v) is 24.3. The van der Waals surface area contributed by atoms with Crippen molar-refractivity contribution < 1.29 is 19.1 Å². The minimum Gasteiger partial charge on any atom is -0.379 e. The van der Waals surface area contributed by atoms with Crippen molar-refractivity contribution in [3.8, 4) is 0 Å². The molecule has 202 valence electrons. The first-order chi connectivity index (χ1) is 15.5. The summed E-state index contributed by atoms with van der Waals surface area (Å²) >= 11 is 0. The first-order valence-corrected chi connectivity index (χ1v) is 13.4. The summed E-state index contributed by atoms with van der Waals surface area (Å²) in [7, 11) is 1.67. The van der Waals surface area contributed by atoms with E-state index in [0.717, 1.165) is 38.5 Å². The second-order valence-electron chi connectivity index (χ2n) is 12.1. The Morgan fingerprint density at radius 3 is 1.79 bits per heavy atom. The topological polar surface area (TPSA) is 76.7 Å². The first kappa shape index (κ1) is 32.9. The number of carbonyl (C=O) groups excluding carboxylic acids is 2. The predicted molar refractivity (Wildman–Crippen MR) is 142 cm³/mol. The SMILES string of the molecule is CCCCC(CCCC)OC(C)(C)CC(C)(CC)C(=O)NCC(=O)NC(C)(C)CC(C)(C)OC. The highest BCUT2D eigenvalue weighted by molar-refractivity contribution is 5.88. The van der Waals surface area contributed by atoms with Gasteiger partial charge in [0.25, 0.3) is 0 Å². The van der Waals surface area contributed by atoms with Gasteiger partial charge in [-0.1, -0.05) is 53.4 Å². The summed E-state index contributed by atoms with van der Waals surface area (Å²) in [5.41, 5.74) is -1.84. The number of ether oxygens (including phenoxy) is 2. The molecule has 0 aromatic rings. The molecule has 0 aromatic carbocycles. The van der Waals surface area contributed by atoms with Gasteiger partial charge in [-0.25, -0.2) is 0 Å². The van der Waals surface area contributed by atoms with E-state index in [-0.39, 0.29) is 30.1 Å². The minimum absolute atomic E-state index is 0.0395. The normalized spacial score (nSPS) is 14.7. The Morgan fingerprint density at radius 1 is 0.824 bits per heavy atom. The summed E-state index contributed by atoms with van der Waals surface area (Å²) in [5, 5.41) is 5.91. The largest absolute Gasteiger partial charge is 0.379 e. The lowest BCUT2D eigenvalue weighted by atomic mass is 9.77. The van der Waals surface area contributed by atoms with Crippen LogP contribution >= 0.6 is 0 Å². The standard InChI is InChI=1S/C28H56N2O4/c1-12-15-17-22(18-16-13-2)34-27(8,9)21-28(10,14-3)24(32)29-19-23(31)30-25(4,5)20-26(6,7)33-11/h22H,12-21H2,1-11H3,(H,29,32)(H,30,31). The molecule has 0 aliphatic carbocycles. The molecule has 0 aromatic heterocycles. The average molecular weight is 485 g/mol. The molecule has 34 heavy (non-hydrogen) atoms. The van der Waals surface area contributed by atoms with E-state index in [1.807, 2.05) is 41.5 Å². The zero-order valence-electron chi connectivity index (χ0n) is 24.3. The van der Waals surface area contributed by atoms with Crippen LogP contribution in [0.15, 0.2) is 0 Å². The molecule has 6 nitrogen and oxygen atoms in total. The molecule has 0 aliphatic rings. The maximum Gasteiger partial charge on any atom is 0.239 e. The number of hydrogen-bond donors (Lipinski definition) is 2. The summed E-state index contributed by atoms with van der Waals surface area (Å²) in [5.74, 6) is -0.297. The highest BCUT2D eigenvalue weighted by atomic mass is 16.5.